The highest BCUT2D eigenvalue weighted by Crippen LogP contribution is 2.29. The van der Waals surface area contributed by atoms with Gasteiger partial charge in [-0.3, -0.25) is 9.36 Å². The third-order valence-electron chi connectivity index (χ3n) is 4.96. The Hall–Kier alpha value is -3.35. The van der Waals surface area contributed by atoms with Gasteiger partial charge < -0.3 is 15.2 Å². The maximum absolute atomic E-state index is 12.4. The summed E-state index contributed by atoms with van der Waals surface area (Å²) >= 11 is 0. The number of phenols is 1. The van der Waals surface area contributed by atoms with Crippen molar-refractivity contribution >= 4 is 11.6 Å². The topological polar surface area (TPSA) is 89.3 Å². The molecule has 0 saturated heterocycles. The van der Waals surface area contributed by atoms with Crippen LogP contribution in [0.1, 0.15) is 44.2 Å². The molecule has 1 heterocycles. The zero-order valence-corrected chi connectivity index (χ0v) is 16.9. The number of aryl methyl sites for hydroxylation is 1. The second-order valence-corrected chi connectivity index (χ2v) is 6.95. The number of ether oxygens (including phenoxy) is 1. The maximum atomic E-state index is 12.4. The van der Waals surface area contributed by atoms with Crippen molar-refractivity contribution in [2.24, 2.45) is 0 Å². The fourth-order valence-corrected chi connectivity index (χ4v) is 2.96. The van der Waals surface area contributed by atoms with E-state index in [9.17, 15) is 9.90 Å². The second-order valence-electron chi connectivity index (χ2n) is 6.95. The number of nitrogens with zero attached hydrogens (tertiary/aromatic N) is 3. The van der Waals surface area contributed by atoms with E-state index in [0.29, 0.717) is 17.4 Å². The minimum absolute atomic E-state index is 0.0304. The van der Waals surface area contributed by atoms with Gasteiger partial charge in [0.1, 0.15) is 24.2 Å². The van der Waals surface area contributed by atoms with E-state index in [0.717, 1.165) is 29.7 Å². The van der Waals surface area contributed by atoms with Crippen LogP contribution in [0.5, 0.6) is 11.5 Å². The summed E-state index contributed by atoms with van der Waals surface area (Å²) in [7, 11) is 0. The van der Waals surface area contributed by atoms with Gasteiger partial charge >= 0.3 is 0 Å². The van der Waals surface area contributed by atoms with Crippen molar-refractivity contribution in [3.05, 3.63) is 60.2 Å². The molecule has 7 nitrogen and oxygen atoms in total. The van der Waals surface area contributed by atoms with Gasteiger partial charge in [-0.1, -0.05) is 32.9 Å². The SMILES string of the molecule is CCc1ccc(OCC(=O)Nc2cc([C@H](C)CC)ccc2O)c(-n2cnnc2)c1. The molecule has 29 heavy (non-hydrogen) atoms. The van der Waals surface area contributed by atoms with Gasteiger partial charge in [-0.05, 0) is 54.2 Å². The number of nitrogens with one attached hydrogen (secondary N) is 1. The monoisotopic (exact) mass is 394 g/mol. The van der Waals surface area contributed by atoms with E-state index < -0.39 is 0 Å². The van der Waals surface area contributed by atoms with Crippen LogP contribution in [0.4, 0.5) is 5.69 Å². The lowest BCUT2D eigenvalue weighted by atomic mass is 9.98. The summed E-state index contributed by atoms with van der Waals surface area (Å²) in [6.07, 6.45) is 5.02. The number of aromatic nitrogens is 3. The Kier molecular flexibility index (Phi) is 6.49. The lowest BCUT2D eigenvalue weighted by molar-refractivity contribution is -0.118. The molecule has 0 unspecified atom stereocenters. The third kappa shape index (κ3) is 4.93. The Labute approximate surface area is 170 Å². The molecule has 2 aromatic carbocycles. The highest BCUT2D eigenvalue weighted by Gasteiger charge is 2.13. The molecule has 0 saturated carbocycles. The Balaban J connectivity index is 1.72. The van der Waals surface area contributed by atoms with Gasteiger partial charge in [0.2, 0.25) is 0 Å². The second kappa shape index (κ2) is 9.23. The van der Waals surface area contributed by atoms with Gasteiger partial charge in [-0.15, -0.1) is 10.2 Å². The molecule has 0 fully saturated rings. The van der Waals surface area contributed by atoms with E-state index in [-0.39, 0.29) is 18.3 Å². The fourth-order valence-electron chi connectivity index (χ4n) is 2.96. The normalized spacial score (nSPS) is 11.8. The Morgan fingerprint density at radius 1 is 1.17 bits per heavy atom. The molecule has 1 amide bonds. The fraction of sp³-hybridized carbons (Fsp3) is 0.318. The van der Waals surface area contributed by atoms with Crippen LogP contribution >= 0.6 is 0 Å². The molecule has 0 bridgehead atoms. The number of hydrogen-bond acceptors (Lipinski definition) is 5. The van der Waals surface area contributed by atoms with Crippen LogP contribution in [0.25, 0.3) is 5.69 Å². The highest BCUT2D eigenvalue weighted by atomic mass is 16.5. The summed E-state index contributed by atoms with van der Waals surface area (Å²) in [6, 6.07) is 11.1. The molecule has 152 valence electrons. The molecule has 3 aromatic rings. The number of carbonyl (C=O) groups excluding carboxylic acids is 1. The average Bonchev–Trinajstić information content (AvgIpc) is 3.28. The highest BCUT2D eigenvalue weighted by molar-refractivity contribution is 5.93. The lowest BCUT2D eigenvalue weighted by Crippen LogP contribution is -2.21. The van der Waals surface area contributed by atoms with Crippen molar-refractivity contribution in [1.29, 1.82) is 0 Å². The van der Waals surface area contributed by atoms with Crippen LogP contribution in [-0.2, 0) is 11.2 Å². The molecular formula is C22H26N4O3. The number of aromatic hydroxyl groups is 1. The van der Waals surface area contributed by atoms with Crippen molar-refractivity contribution in [1.82, 2.24) is 14.8 Å². The first-order valence-corrected chi connectivity index (χ1v) is 9.75. The molecule has 3 rings (SSSR count). The zero-order chi connectivity index (χ0) is 20.8. The summed E-state index contributed by atoms with van der Waals surface area (Å²) in [6.45, 7) is 6.08. The lowest BCUT2D eigenvalue weighted by Gasteiger charge is -2.15. The first kappa shape index (κ1) is 20.4. The predicted octanol–water partition coefficient (Wildman–Crippen LogP) is 4.07. The predicted molar refractivity (Wildman–Crippen MR) is 112 cm³/mol. The minimum atomic E-state index is -0.351. The summed E-state index contributed by atoms with van der Waals surface area (Å²) in [5.41, 5.74) is 3.35. The summed E-state index contributed by atoms with van der Waals surface area (Å²) in [4.78, 5) is 12.4. The number of phenolic OH excluding ortho intramolecular Hbond substituents is 1. The van der Waals surface area contributed by atoms with E-state index in [1.807, 2.05) is 24.3 Å². The van der Waals surface area contributed by atoms with Crippen molar-refractivity contribution in [2.45, 2.75) is 39.5 Å². The standard InChI is InChI=1S/C22H26N4O3/c1-4-15(3)17-7-8-20(27)18(11-17)25-22(28)12-29-21-9-6-16(5-2)10-19(21)26-13-23-24-14-26/h6-11,13-15,27H,4-5,12H2,1-3H3,(H,25,28)/t15-/m1/s1. The zero-order valence-electron chi connectivity index (χ0n) is 16.9. The van der Waals surface area contributed by atoms with Crippen molar-refractivity contribution in [3.63, 3.8) is 0 Å². The number of anilines is 1. The first-order valence-electron chi connectivity index (χ1n) is 9.75. The summed E-state index contributed by atoms with van der Waals surface area (Å²) in [5.74, 6) is 0.569. The van der Waals surface area contributed by atoms with Gasteiger partial charge in [-0.2, -0.15) is 0 Å². The van der Waals surface area contributed by atoms with Gasteiger partial charge in [0, 0.05) is 0 Å². The van der Waals surface area contributed by atoms with Gasteiger partial charge in [0.15, 0.2) is 6.61 Å². The van der Waals surface area contributed by atoms with Crippen LogP contribution < -0.4 is 10.1 Å². The third-order valence-corrected chi connectivity index (χ3v) is 4.96. The molecular weight excluding hydrogens is 368 g/mol. The Morgan fingerprint density at radius 2 is 1.93 bits per heavy atom. The molecule has 1 aromatic heterocycles. The van der Waals surface area contributed by atoms with E-state index in [4.69, 9.17) is 4.74 Å². The van der Waals surface area contributed by atoms with E-state index in [1.54, 1.807) is 29.4 Å². The van der Waals surface area contributed by atoms with Crippen molar-refractivity contribution < 1.29 is 14.6 Å². The van der Waals surface area contributed by atoms with Crippen LogP contribution in [-0.4, -0.2) is 32.4 Å². The van der Waals surface area contributed by atoms with E-state index in [1.165, 1.54) is 0 Å². The molecule has 0 aliphatic carbocycles. The smallest absolute Gasteiger partial charge is 0.262 e. The van der Waals surface area contributed by atoms with Crippen LogP contribution in [0, 0.1) is 0 Å². The number of hydrogen-bond donors (Lipinski definition) is 2. The van der Waals surface area contributed by atoms with Crippen molar-refractivity contribution in [2.75, 3.05) is 11.9 Å². The molecule has 0 spiro atoms. The van der Waals surface area contributed by atoms with Crippen LogP contribution in [0.15, 0.2) is 49.1 Å². The quantitative estimate of drug-likeness (QED) is 0.562. The number of rotatable bonds is 8. The minimum Gasteiger partial charge on any atom is -0.506 e. The van der Waals surface area contributed by atoms with Crippen molar-refractivity contribution in [3.8, 4) is 17.2 Å². The van der Waals surface area contributed by atoms with Crippen LogP contribution in [0.3, 0.4) is 0 Å². The van der Waals surface area contributed by atoms with Crippen LogP contribution in [0.2, 0.25) is 0 Å². The molecule has 1 atom stereocenters. The molecule has 7 heteroatoms. The van der Waals surface area contributed by atoms with Gasteiger partial charge in [0.05, 0.1) is 11.4 Å². The Morgan fingerprint density at radius 3 is 2.62 bits per heavy atom. The maximum Gasteiger partial charge on any atom is 0.262 e. The molecule has 2 N–H and O–H groups in total. The average molecular weight is 394 g/mol. The first-order chi connectivity index (χ1) is 14.0. The van der Waals surface area contributed by atoms with E-state index >= 15 is 0 Å². The van der Waals surface area contributed by atoms with E-state index in [2.05, 4.69) is 36.3 Å². The molecule has 0 radical (unpaired) electrons. The van der Waals surface area contributed by atoms with Gasteiger partial charge in [0.25, 0.3) is 5.91 Å². The molecule has 0 aliphatic rings. The summed E-state index contributed by atoms with van der Waals surface area (Å²) in [5, 5.41) is 20.5. The number of carbonyl (C=O) groups is 1. The summed E-state index contributed by atoms with van der Waals surface area (Å²) < 4.78 is 7.51. The largest absolute Gasteiger partial charge is 0.506 e. The van der Waals surface area contributed by atoms with Gasteiger partial charge in [-0.25, -0.2) is 0 Å². The number of benzene rings is 2. The number of amides is 1. The Bertz CT molecular complexity index is 970. The molecule has 0 aliphatic heterocycles.